The van der Waals surface area contributed by atoms with Crippen LogP contribution in [0.3, 0.4) is 0 Å². The van der Waals surface area contributed by atoms with E-state index in [1.807, 2.05) is 0 Å². The summed E-state index contributed by atoms with van der Waals surface area (Å²) in [6.07, 6.45) is 1.56. The van der Waals surface area contributed by atoms with Crippen molar-refractivity contribution in [3.63, 3.8) is 0 Å². The van der Waals surface area contributed by atoms with Crippen molar-refractivity contribution in [1.82, 2.24) is 19.6 Å². The Kier molecular flexibility index (Phi) is 5.87. The van der Waals surface area contributed by atoms with Crippen LogP contribution in [-0.2, 0) is 17.9 Å². The summed E-state index contributed by atoms with van der Waals surface area (Å²) in [5, 5.41) is 22.5. The van der Waals surface area contributed by atoms with E-state index in [4.69, 9.17) is 34.8 Å². The SMILES string of the molecule is Cc1cc([N+](=O)[O-])nn1CC(=O)Nc1nn(Cc2ccc(Cl)c(Cl)c2)cc1Cl. The number of anilines is 1. The summed E-state index contributed by atoms with van der Waals surface area (Å²) in [4.78, 5) is 22.4. The van der Waals surface area contributed by atoms with Crippen LogP contribution in [0.5, 0.6) is 0 Å². The summed E-state index contributed by atoms with van der Waals surface area (Å²) < 4.78 is 2.77. The van der Waals surface area contributed by atoms with E-state index in [9.17, 15) is 14.9 Å². The van der Waals surface area contributed by atoms with E-state index in [-0.39, 0.29) is 23.2 Å². The van der Waals surface area contributed by atoms with Crippen LogP contribution in [0.2, 0.25) is 15.1 Å². The zero-order valence-electron chi connectivity index (χ0n) is 14.4. The minimum absolute atomic E-state index is 0.172. The van der Waals surface area contributed by atoms with E-state index in [1.54, 1.807) is 36.0 Å². The summed E-state index contributed by atoms with van der Waals surface area (Å²) >= 11 is 18.0. The first kappa shape index (κ1) is 20.1. The second kappa shape index (κ2) is 8.17. The molecule has 0 aliphatic rings. The van der Waals surface area contributed by atoms with E-state index < -0.39 is 10.8 Å². The molecule has 0 atom stereocenters. The zero-order valence-corrected chi connectivity index (χ0v) is 16.7. The van der Waals surface area contributed by atoms with Gasteiger partial charge in [0.2, 0.25) is 5.91 Å². The lowest BCUT2D eigenvalue weighted by Crippen LogP contribution is -2.21. The Morgan fingerprint density at radius 3 is 2.57 bits per heavy atom. The molecule has 28 heavy (non-hydrogen) atoms. The Bertz CT molecular complexity index is 1060. The fourth-order valence-electron chi connectivity index (χ4n) is 2.44. The molecule has 0 radical (unpaired) electrons. The van der Waals surface area contributed by atoms with Gasteiger partial charge in [0.15, 0.2) is 5.82 Å². The zero-order chi connectivity index (χ0) is 20.4. The molecular weight excluding hydrogens is 431 g/mol. The van der Waals surface area contributed by atoms with E-state index in [0.29, 0.717) is 22.3 Å². The molecule has 0 spiro atoms. The van der Waals surface area contributed by atoms with Gasteiger partial charge in [-0.15, -0.1) is 0 Å². The lowest BCUT2D eigenvalue weighted by atomic mass is 10.2. The van der Waals surface area contributed by atoms with Gasteiger partial charge in [0.25, 0.3) is 0 Å². The molecule has 9 nitrogen and oxygen atoms in total. The first-order valence-electron chi connectivity index (χ1n) is 7.88. The maximum Gasteiger partial charge on any atom is 0.390 e. The Morgan fingerprint density at radius 2 is 1.93 bits per heavy atom. The number of hydrogen-bond donors (Lipinski definition) is 1. The number of nitro groups is 1. The highest BCUT2D eigenvalue weighted by molar-refractivity contribution is 6.42. The van der Waals surface area contributed by atoms with Crippen LogP contribution >= 0.6 is 34.8 Å². The number of hydrogen-bond acceptors (Lipinski definition) is 5. The first-order valence-corrected chi connectivity index (χ1v) is 9.02. The summed E-state index contributed by atoms with van der Waals surface area (Å²) in [7, 11) is 0. The van der Waals surface area contributed by atoms with Crippen LogP contribution in [0.1, 0.15) is 11.3 Å². The smallest absolute Gasteiger partial charge is 0.358 e. The minimum Gasteiger partial charge on any atom is -0.358 e. The van der Waals surface area contributed by atoms with Crippen LogP contribution in [0, 0.1) is 17.0 Å². The lowest BCUT2D eigenvalue weighted by molar-refractivity contribution is -0.389. The normalized spacial score (nSPS) is 10.9. The standard InChI is InChI=1S/C16H13Cl3N6O3/c1-9-4-14(25(27)28)21-24(9)8-15(26)20-16-13(19)7-23(22-16)6-10-2-3-11(17)12(18)5-10/h2-5,7H,6,8H2,1H3,(H,20,22,26). The monoisotopic (exact) mass is 442 g/mol. The van der Waals surface area contributed by atoms with E-state index in [0.717, 1.165) is 5.56 Å². The van der Waals surface area contributed by atoms with Crippen molar-refractivity contribution in [3.05, 3.63) is 66.9 Å². The lowest BCUT2D eigenvalue weighted by Gasteiger charge is -2.04. The number of amides is 1. The van der Waals surface area contributed by atoms with Crippen LogP contribution < -0.4 is 5.32 Å². The summed E-state index contributed by atoms with van der Waals surface area (Å²) in [6, 6.07) is 6.48. The molecule has 0 fully saturated rings. The van der Waals surface area contributed by atoms with Crippen molar-refractivity contribution >= 4 is 52.3 Å². The number of benzene rings is 1. The highest BCUT2D eigenvalue weighted by atomic mass is 35.5. The molecule has 2 heterocycles. The molecule has 0 saturated carbocycles. The average molecular weight is 444 g/mol. The van der Waals surface area contributed by atoms with Gasteiger partial charge in [-0.05, 0) is 29.5 Å². The molecule has 0 unspecified atom stereocenters. The van der Waals surface area contributed by atoms with E-state index in [1.165, 1.54) is 10.7 Å². The van der Waals surface area contributed by atoms with Gasteiger partial charge in [-0.1, -0.05) is 40.9 Å². The fourth-order valence-corrected chi connectivity index (χ4v) is 2.96. The Hall–Kier alpha value is -2.62. The van der Waals surface area contributed by atoms with E-state index in [2.05, 4.69) is 15.5 Å². The van der Waals surface area contributed by atoms with E-state index >= 15 is 0 Å². The number of aromatic nitrogens is 4. The number of carbonyl (C=O) groups is 1. The molecular formula is C16H13Cl3N6O3. The third-order valence-electron chi connectivity index (χ3n) is 3.75. The van der Waals surface area contributed by atoms with Gasteiger partial charge in [0.05, 0.1) is 33.4 Å². The van der Waals surface area contributed by atoms with Gasteiger partial charge >= 0.3 is 5.82 Å². The summed E-state index contributed by atoms with van der Waals surface area (Å²) in [5.74, 6) is -0.622. The number of carbonyl (C=O) groups excluding carboxylic acids is 1. The van der Waals surface area contributed by atoms with Gasteiger partial charge in [0.1, 0.15) is 11.6 Å². The topological polar surface area (TPSA) is 108 Å². The molecule has 1 N–H and O–H groups in total. The molecule has 146 valence electrons. The average Bonchev–Trinajstić information content (AvgIpc) is 3.14. The molecule has 0 saturated heterocycles. The molecule has 0 bridgehead atoms. The maximum atomic E-state index is 12.2. The Balaban J connectivity index is 1.68. The molecule has 3 aromatic rings. The molecule has 1 aromatic carbocycles. The number of nitrogens with zero attached hydrogens (tertiary/aromatic N) is 5. The van der Waals surface area contributed by atoms with Crippen LogP contribution in [0.15, 0.2) is 30.5 Å². The maximum absolute atomic E-state index is 12.2. The number of rotatable bonds is 6. The molecule has 3 rings (SSSR count). The quantitative estimate of drug-likeness (QED) is 0.458. The van der Waals surface area contributed by atoms with Crippen LogP contribution in [0.25, 0.3) is 0 Å². The molecule has 12 heteroatoms. The number of nitrogens with one attached hydrogen (secondary N) is 1. The summed E-state index contributed by atoms with van der Waals surface area (Å²) in [6.45, 7) is 1.78. The van der Waals surface area contributed by atoms with Gasteiger partial charge in [-0.2, -0.15) is 9.78 Å². The molecule has 2 aromatic heterocycles. The predicted molar refractivity (Wildman–Crippen MR) is 105 cm³/mol. The van der Waals surface area contributed by atoms with Gasteiger partial charge < -0.3 is 15.4 Å². The van der Waals surface area contributed by atoms with Gasteiger partial charge in [-0.3, -0.25) is 9.48 Å². The van der Waals surface area contributed by atoms with Gasteiger partial charge in [0, 0.05) is 6.20 Å². The molecule has 0 aliphatic heterocycles. The third-order valence-corrected chi connectivity index (χ3v) is 4.77. The van der Waals surface area contributed by atoms with Crippen molar-refractivity contribution < 1.29 is 9.72 Å². The highest BCUT2D eigenvalue weighted by Crippen LogP contribution is 2.24. The van der Waals surface area contributed by atoms with Crippen LogP contribution in [-0.4, -0.2) is 30.4 Å². The number of halogens is 3. The second-order valence-electron chi connectivity index (χ2n) is 5.88. The second-order valence-corrected chi connectivity index (χ2v) is 7.10. The molecule has 0 aliphatic carbocycles. The highest BCUT2D eigenvalue weighted by Gasteiger charge is 2.19. The minimum atomic E-state index is -0.622. The van der Waals surface area contributed by atoms with Crippen molar-refractivity contribution in [1.29, 1.82) is 0 Å². The third kappa shape index (κ3) is 4.61. The predicted octanol–water partition coefficient (Wildman–Crippen LogP) is 3.94. The largest absolute Gasteiger partial charge is 0.390 e. The Morgan fingerprint density at radius 1 is 1.18 bits per heavy atom. The van der Waals surface area contributed by atoms with Crippen molar-refractivity contribution in [3.8, 4) is 0 Å². The number of aryl methyl sites for hydroxylation is 1. The van der Waals surface area contributed by atoms with Crippen molar-refractivity contribution in [2.24, 2.45) is 0 Å². The first-order chi connectivity index (χ1) is 13.2. The fraction of sp³-hybridized carbons (Fsp3) is 0.188. The molecule has 1 amide bonds. The summed E-state index contributed by atoms with van der Waals surface area (Å²) in [5.41, 5.74) is 1.34. The van der Waals surface area contributed by atoms with Gasteiger partial charge in [-0.25, -0.2) is 0 Å². The van der Waals surface area contributed by atoms with Crippen LogP contribution in [0.4, 0.5) is 11.6 Å². The Labute approximate surface area is 173 Å². The van der Waals surface area contributed by atoms with Crippen molar-refractivity contribution in [2.75, 3.05) is 5.32 Å². The van der Waals surface area contributed by atoms with Crippen molar-refractivity contribution in [2.45, 2.75) is 20.0 Å².